The lowest BCUT2D eigenvalue weighted by molar-refractivity contribution is 0.481. The number of hydrogen-bond acceptors (Lipinski definition) is 4. The van der Waals surface area contributed by atoms with Crippen molar-refractivity contribution >= 4 is 43.2 Å². The van der Waals surface area contributed by atoms with Gasteiger partial charge in [0.2, 0.25) is 10.0 Å². The molecular weight excluding hydrogens is 376 g/mol. The third-order valence-corrected chi connectivity index (χ3v) is 4.79. The quantitative estimate of drug-likeness (QED) is 0.415. The van der Waals surface area contributed by atoms with E-state index in [9.17, 15) is 8.42 Å². The van der Waals surface area contributed by atoms with Crippen molar-refractivity contribution in [3.63, 3.8) is 0 Å². The minimum atomic E-state index is -3.16. The van der Waals surface area contributed by atoms with Crippen LogP contribution in [0.2, 0.25) is 0 Å². The van der Waals surface area contributed by atoms with Crippen LogP contribution < -0.4 is 10.0 Å². The van der Waals surface area contributed by atoms with E-state index in [1.165, 1.54) is 4.88 Å². The molecule has 0 aromatic carbocycles. The van der Waals surface area contributed by atoms with Gasteiger partial charge in [0.15, 0.2) is 5.96 Å². The Labute approximate surface area is 138 Å². The van der Waals surface area contributed by atoms with Crippen molar-refractivity contribution in [2.24, 2.45) is 4.99 Å². The van der Waals surface area contributed by atoms with Crippen molar-refractivity contribution in [3.05, 3.63) is 20.8 Å². The molecule has 0 atom stereocenters. The van der Waals surface area contributed by atoms with Gasteiger partial charge in [-0.2, -0.15) is 0 Å². The first-order chi connectivity index (χ1) is 9.81. The van der Waals surface area contributed by atoms with Gasteiger partial charge in [0.25, 0.3) is 0 Å². The average Bonchev–Trinajstić information content (AvgIpc) is 2.77. The summed E-state index contributed by atoms with van der Waals surface area (Å²) in [6, 6.07) is 4.09. The Morgan fingerprint density at radius 1 is 1.48 bits per heavy atom. The first-order valence-electron chi connectivity index (χ1n) is 6.50. The molecule has 1 heterocycles. The van der Waals surface area contributed by atoms with Crippen molar-refractivity contribution in [1.29, 1.82) is 0 Å². The number of nitrogens with zero attached hydrogens (tertiary/aromatic N) is 2. The van der Waals surface area contributed by atoms with Crippen molar-refractivity contribution in [3.8, 4) is 0 Å². The largest absolute Gasteiger partial charge is 0.357 e. The summed E-state index contributed by atoms with van der Waals surface area (Å²) in [5.41, 5.74) is 0. The zero-order valence-electron chi connectivity index (χ0n) is 12.4. The maximum atomic E-state index is 11.0. The summed E-state index contributed by atoms with van der Waals surface area (Å²) >= 11 is 5.13. The van der Waals surface area contributed by atoms with E-state index in [-0.39, 0.29) is 0 Å². The molecule has 1 rings (SSSR count). The lowest BCUT2D eigenvalue weighted by atomic mass is 10.4. The number of rotatable bonds is 7. The highest BCUT2D eigenvalue weighted by molar-refractivity contribution is 9.11. The molecule has 0 spiro atoms. The van der Waals surface area contributed by atoms with Gasteiger partial charge in [-0.1, -0.05) is 0 Å². The molecule has 1 aromatic heterocycles. The predicted molar refractivity (Wildman–Crippen MR) is 92.3 cm³/mol. The van der Waals surface area contributed by atoms with Gasteiger partial charge in [0.1, 0.15) is 0 Å². The normalized spacial score (nSPS) is 12.5. The van der Waals surface area contributed by atoms with Crippen molar-refractivity contribution < 1.29 is 8.42 Å². The number of thiophene rings is 1. The molecule has 0 aliphatic carbocycles. The van der Waals surface area contributed by atoms with Gasteiger partial charge in [0.05, 0.1) is 23.1 Å². The van der Waals surface area contributed by atoms with E-state index in [2.05, 4.69) is 37.0 Å². The summed E-state index contributed by atoms with van der Waals surface area (Å²) in [4.78, 5) is 7.66. The Morgan fingerprint density at radius 2 is 2.19 bits per heavy atom. The number of hydrogen-bond donors (Lipinski definition) is 2. The number of sulfonamides is 1. The second kappa shape index (κ2) is 8.72. The molecule has 1 aromatic rings. The van der Waals surface area contributed by atoms with E-state index in [1.807, 2.05) is 24.9 Å². The fourth-order valence-corrected chi connectivity index (χ4v) is 3.61. The number of guanidine groups is 1. The zero-order valence-corrected chi connectivity index (χ0v) is 15.6. The van der Waals surface area contributed by atoms with Crippen LogP contribution in [0, 0.1) is 0 Å². The lowest BCUT2D eigenvalue weighted by Gasteiger charge is -2.21. The van der Waals surface area contributed by atoms with Crippen molar-refractivity contribution in [2.45, 2.75) is 13.5 Å². The molecular formula is C12H21BrN4O2S2. The van der Waals surface area contributed by atoms with E-state index in [4.69, 9.17) is 0 Å². The van der Waals surface area contributed by atoms with E-state index < -0.39 is 10.0 Å². The lowest BCUT2D eigenvalue weighted by Crippen LogP contribution is -2.39. The number of nitrogens with one attached hydrogen (secondary N) is 2. The van der Waals surface area contributed by atoms with E-state index >= 15 is 0 Å². The minimum absolute atomic E-state index is 0.298. The first kappa shape index (κ1) is 18.4. The number of halogens is 1. The Bertz CT molecular complexity index is 572. The van der Waals surface area contributed by atoms with Crippen LogP contribution in [0.15, 0.2) is 20.9 Å². The highest BCUT2D eigenvalue weighted by atomic mass is 79.9. The summed E-state index contributed by atoms with van der Waals surface area (Å²) in [6.07, 6.45) is 1.14. The van der Waals surface area contributed by atoms with Crippen LogP contribution >= 0.6 is 27.3 Å². The summed E-state index contributed by atoms with van der Waals surface area (Å²) in [5, 5.41) is 3.20. The fourth-order valence-electron chi connectivity index (χ4n) is 1.61. The van der Waals surface area contributed by atoms with Gasteiger partial charge < -0.3 is 10.2 Å². The van der Waals surface area contributed by atoms with Gasteiger partial charge in [-0.05, 0) is 35.0 Å². The van der Waals surface area contributed by atoms with Crippen LogP contribution in [-0.4, -0.2) is 52.2 Å². The fraction of sp³-hybridized carbons (Fsp3) is 0.583. The second-order valence-corrected chi connectivity index (χ2v) is 8.84. The molecule has 6 nitrogen and oxygen atoms in total. The summed E-state index contributed by atoms with van der Waals surface area (Å²) < 4.78 is 25.5. The van der Waals surface area contributed by atoms with Gasteiger partial charge >= 0.3 is 0 Å². The zero-order chi connectivity index (χ0) is 15.9. The van der Waals surface area contributed by atoms with Crippen LogP contribution in [0.25, 0.3) is 0 Å². The van der Waals surface area contributed by atoms with E-state index in [0.29, 0.717) is 13.1 Å². The molecule has 0 fully saturated rings. The van der Waals surface area contributed by atoms with Crippen LogP contribution in [0.5, 0.6) is 0 Å². The number of aliphatic imine (C=N–C) groups is 1. The molecule has 0 radical (unpaired) electrons. The third kappa shape index (κ3) is 7.79. The minimum Gasteiger partial charge on any atom is -0.357 e. The molecule has 0 bridgehead atoms. The Balaban J connectivity index is 2.57. The second-order valence-electron chi connectivity index (χ2n) is 4.46. The molecule has 0 aliphatic heterocycles. The van der Waals surface area contributed by atoms with Crippen molar-refractivity contribution in [1.82, 2.24) is 14.9 Å². The van der Waals surface area contributed by atoms with Crippen LogP contribution in [0.1, 0.15) is 11.8 Å². The van der Waals surface area contributed by atoms with Crippen LogP contribution in [0.4, 0.5) is 0 Å². The van der Waals surface area contributed by atoms with Crippen LogP contribution in [0.3, 0.4) is 0 Å². The Kier molecular flexibility index (Phi) is 7.64. The average molecular weight is 397 g/mol. The SMILES string of the molecule is CCNC(=NCCNS(C)(=O)=O)N(C)Cc1ccc(Br)s1. The Morgan fingerprint density at radius 3 is 2.71 bits per heavy atom. The first-order valence-corrected chi connectivity index (χ1v) is 10.00. The maximum Gasteiger partial charge on any atom is 0.208 e. The van der Waals surface area contributed by atoms with Crippen LogP contribution in [-0.2, 0) is 16.6 Å². The highest BCUT2D eigenvalue weighted by Crippen LogP contribution is 2.22. The summed E-state index contributed by atoms with van der Waals surface area (Å²) in [6.45, 7) is 4.21. The van der Waals surface area contributed by atoms with Gasteiger partial charge in [0, 0.05) is 25.0 Å². The molecule has 0 saturated carbocycles. The molecule has 9 heteroatoms. The molecule has 21 heavy (non-hydrogen) atoms. The van der Waals surface area contributed by atoms with E-state index in [0.717, 1.165) is 29.1 Å². The third-order valence-electron chi connectivity index (χ3n) is 2.46. The molecule has 0 unspecified atom stereocenters. The van der Waals surface area contributed by atoms with Gasteiger partial charge in [-0.25, -0.2) is 13.1 Å². The van der Waals surface area contributed by atoms with E-state index in [1.54, 1.807) is 11.3 Å². The standard InChI is InChI=1S/C12H21BrN4O2S2/c1-4-14-12(15-7-8-16-21(3,18)19)17(2)9-10-5-6-11(13)20-10/h5-6,16H,4,7-9H2,1-3H3,(H,14,15). The Hall–Kier alpha value is -0.640. The molecule has 0 saturated heterocycles. The summed E-state index contributed by atoms with van der Waals surface area (Å²) in [5.74, 6) is 0.761. The monoisotopic (exact) mass is 396 g/mol. The van der Waals surface area contributed by atoms with Gasteiger partial charge in [-0.3, -0.25) is 4.99 Å². The van der Waals surface area contributed by atoms with Crippen molar-refractivity contribution in [2.75, 3.05) is 32.9 Å². The topological polar surface area (TPSA) is 73.8 Å². The molecule has 0 aliphatic rings. The molecule has 120 valence electrons. The highest BCUT2D eigenvalue weighted by Gasteiger charge is 2.08. The molecule has 0 amide bonds. The molecule has 2 N–H and O–H groups in total. The summed E-state index contributed by atoms with van der Waals surface area (Å²) in [7, 11) is -1.20. The maximum absolute atomic E-state index is 11.0. The van der Waals surface area contributed by atoms with Gasteiger partial charge in [-0.15, -0.1) is 11.3 Å². The predicted octanol–water partition coefficient (Wildman–Crippen LogP) is 1.46. The smallest absolute Gasteiger partial charge is 0.208 e.